The van der Waals surface area contributed by atoms with E-state index in [0.29, 0.717) is 6.54 Å². The molecule has 1 amide bonds. The molecular weight excluding hydrogens is 312 g/mol. The zero-order valence-electron chi connectivity index (χ0n) is 15.1. The van der Waals surface area contributed by atoms with E-state index in [0.717, 1.165) is 17.5 Å². The van der Waals surface area contributed by atoms with Gasteiger partial charge in [-0.2, -0.15) is 0 Å². The van der Waals surface area contributed by atoms with Crippen molar-refractivity contribution in [3.63, 3.8) is 0 Å². The highest BCUT2D eigenvalue weighted by molar-refractivity contribution is 5.91. The summed E-state index contributed by atoms with van der Waals surface area (Å²) < 4.78 is 0. The molecule has 0 unspecified atom stereocenters. The van der Waals surface area contributed by atoms with E-state index in [-0.39, 0.29) is 17.2 Å². The van der Waals surface area contributed by atoms with Crippen LogP contribution in [-0.4, -0.2) is 42.1 Å². The van der Waals surface area contributed by atoms with Gasteiger partial charge in [-0.15, -0.1) is 0 Å². The summed E-state index contributed by atoms with van der Waals surface area (Å²) in [6.07, 6.45) is 4.14. The molecule has 0 saturated heterocycles. The smallest absolute Gasteiger partial charge is 0.244 e. The van der Waals surface area contributed by atoms with Gasteiger partial charge in [0.05, 0.1) is 0 Å². The molecule has 4 nitrogen and oxygen atoms in total. The van der Waals surface area contributed by atoms with Crippen LogP contribution in [0.5, 0.6) is 5.75 Å². The fourth-order valence-corrected chi connectivity index (χ4v) is 2.50. The highest BCUT2D eigenvalue weighted by Gasteiger charge is 2.27. The molecule has 0 saturated carbocycles. The number of rotatable bonds is 7. The van der Waals surface area contributed by atoms with Gasteiger partial charge >= 0.3 is 0 Å². The fourth-order valence-electron chi connectivity index (χ4n) is 2.50. The fraction of sp³-hybridized carbons (Fsp3) is 0.286. The minimum absolute atomic E-state index is 0.109. The Morgan fingerprint density at radius 3 is 2.36 bits per heavy atom. The van der Waals surface area contributed by atoms with Crippen molar-refractivity contribution < 1.29 is 9.90 Å². The minimum atomic E-state index is -0.229. The summed E-state index contributed by atoms with van der Waals surface area (Å²) in [5.41, 5.74) is 1.88. The minimum Gasteiger partial charge on any atom is -0.508 e. The van der Waals surface area contributed by atoms with Gasteiger partial charge in [-0.05, 0) is 56.8 Å². The number of aromatic hydroxyl groups is 1. The van der Waals surface area contributed by atoms with Gasteiger partial charge < -0.3 is 15.3 Å². The van der Waals surface area contributed by atoms with Gasteiger partial charge in [0.25, 0.3) is 0 Å². The van der Waals surface area contributed by atoms with E-state index in [9.17, 15) is 9.90 Å². The van der Waals surface area contributed by atoms with Crippen molar-refractivity contribution in [3.8, 4) is 5.75 Å². The Morgan fingerprint density at radius 1 is 1.12 bits per heavy atom. The second-order valence-corrected chi connectivity index (χ2v) is 6.70. The Hall–Kier alpha value is -2.59. The first kappa shape index (κ1) is 18.7. The van der Waals surface area contributed by atoms with Crippen LogP contribution in [0.2, 0.25) is 0 Å². The van der Waals surface area contributed by atoms with E-state index in [4.69, 9.17) is 0 Å². The number of benzene rings is 2. The lowest BCUT2D eigenvalue weighted by atomic mass is 9.91. The van der Waals surface area contributed by atoms with Gasteiger partial charge in [0, 0.05) is 18.2 Å². The molecule has 0 radical (unpaired) electrons. The van der Waals surface area contributed by atoms with E-state index in [1.165, 1.54) is 0 Å². The van der Waals surface area contributed by atoms with Crippen molar-refractivity contribution in [1.82, 2.24) is 10.2 Å². The summed E-state index contributed by atoms with van der Waals surface area (Å²) in [6, 6.07) is 16.9. The number of phenolic OH excluding ortho intramolecular Hbond substituents is 1. The lowest BCUT2D eigenvalue weighted by Gasteiger charge is -2.37. The van der Waals surface area contributed by atoms with Crippen LogP contribution < -0.4 is 5.32 Å². The second-order valence-electron chi connectivity index (χ2n) is 6.70. The summed E-state index contributed by atoms with van der Waals surface area (Å²) >= 11 is 0. The number of phenols is 1. The van der Waals surface area contributed by atoms with Gasteiger partial charge in [0.15, 0.2) is 0 Å². The van der Waals surface area contributed by atoms with Crippen molar-refractivity contribution in [2.24, 2.45) is 0 Å². The molecule has 2 aromatic rings. The molecule has 0 bridgehead atoms. The molecule has 0 aromatic heterocycles. The van der Waals surface area contributed by atoms with Crippen LogP contribution in [-0.2, 0) is 11.2 Å². The number of hydrogen-bond donors (Lipinski definition) is 2. The third kappa shape index (κ3) is 5.76. The average Bonchev–Trinajstić information content (AvgIpc) is 2.61. The predicted molar refractivity (Wildman–Crippen MR) is 102 cm³/mol. The third-order valence-corrected chi connectivity index (χ3v) is 4.47. The van der Waals surface area contributed by atoms with Crippen LogP contribution in [0.25, 0.3) is 6.08 Å². The summed E-state index contributed by atoms with van der Waals surface area (Å²) in [5.74, 6) is 0.150. The normalized spacial score (nSPS) is 13.8. The van der Waals surface area contributed by atoms with Crippen molar-refractivity contribution in [3.05, 3.63) is 71.8 Å². The highest BCUT2D eigenvalue weighted by Crippen LogP contribution is 2.20. The maximum Gasteiger partial charge on any atom is 0.244 e. The van der Waals surface area contributed by atoms with Crippen molar-refractivity contribution in [2.75, 3.05) is 20.6 Å². The van der Waals surface area contributed by atoms with Gasteiger partial charge in [0.2, 0.25) is 5.91 Å². The van der Waals surface area contributed by atoms with E-state index >= 15 is 0 Å². The molecule has 4 heteroatoms. The maximum atomic E-state index is 12.1. The molecule has 2 rings (SSSR count). The maximum absolute atomic E-state index is 12.1. The molecule has 0 aliphatic rings. The van der Waals surface area contributed by atoms with Crippen molar-refractivity contribution in [1.29, 1.82) is 0 Å². The van der Waals surface area contributed by atoms with E-state index in [1.807, 2.05) is 62.6 Å². The first-order valence-corrected chi connectivity index (χ1v) is 8.35. The molecule has 0 spiro atoms. The van der Waals surface area contributed by atoms with E-state index < -0.39 is 0 Å². The largest absolute Gasteiger partial charge is 0.508 e. The van der Waals surface area contributed by atoms with E-state index in [1.54, 1.807) is 18.2 Å². The van der Waals surface area contributed by atoms with Crippen LogP contribution in [0.15, 0.2) is 60.7 Å². The Morgan fingerprint density at radius 2 is 1.76 bits per heavy atom. The number of nitrogens with one attached hydrogen (secondary N) is 1. The van der Waals surface area contributed by atoms with Crippen molar-refractivity contribution in [2.45, 2.75) is 18.9 Å². The molecule has 132 valence electrons. The zero-order chi connectivity index (χ0) is 18.3. The Labute approximate surface area is 149 Å². The number of carbonyl (C=O) groups is 1. The Kier molecular flexibility index (Phi) is 6.37. The van der Waals surface area contributed by atoms with Crippen LogP contribution >= 0.6 is 0 Å². The van der Waals surface area contributed by atoms with Crippen LogP contribution in [0.4, 0.5) is 0 Å². The standard InChI is InChI=1S/C21H26N2O2/c1-21(23(2)3,15-18-9-12-19(24)13-10-18)16-22-20(25)14-11-17-7-5-4-6-8-17/h4-14,24H,15-16H2,1-3H3,(H,22,25)/t21-/m0/s1. The van der Waals surface area contributed by atoms with Gasteiger partial charge in [-0.3, -0.25) is 4.79 Å². The highest BCUT2D eigenvalue weighted by atomic mass is 16.3. The Bertz CT molecular complexity index is 708. The topological polar surface area (TPSA) is 52.6 Å². The molecule has 2 aromatic carbocycles. The van der Waals surface area contributed by atoms with Gasteiger partial charge in [-0.25, -0.2) is 0 Å². The third-order valence-electron chi connectivity index (χ3n) is 4.47. The SMILES string of the molecule is CN(C)[C@](C)(CNC(=O)C=Cc1ccccc1)Cc1ccc(O)cc1. The van der Waals surface area contributed by atoms with E-state index in [2.05, 4.69) is 17.1 Å². The Balaban J connectivity index is 1.97. The number of carbonyl (C=O) groups excluding carboxylic acids is 1. The lowest BCUT2D eigenvalue weighted by Crippen LogP contribution is -2.51. The number of amides is 1. The molecule has 0 heterocycles. The average molecular weight is 338 g/mol. The summed E-state index contributed by atoms with van der Waals surface area (Å²) in [5, 5.41) is 12.4. The zero-order valence-corrected chi connectivity index (χ0v) is 15.1. The monoisotopic (exact) mass is 338 g/mol. The number of nitrogens with zero attached hydrogens (tertiary/aromatic N) is 1. The molecular formula is C21H26N2O2. The second kappa shape index (κ2) is 8.49. The molecule has 0 aliphatic carbocycles. The lowest BCUT2D eigenvalue weighted by molar-refractivity contribution is -0.117. The van der Waals surface area contributed by atoms with Crippen LogP contribution in [0.1, 0.15) is 18.1 Å². The predicted octanol–water partition coefficient (Wildman–Crippen LogP) is 3.08. The first-order chi connectivity index (χ1) is 11.9. The van der Waals surface area contributed by atoms with Crippen LogP contribution in [0, 0.1) is 0 Å². The first-order valence-electron chi connectivity index (χ1n) is 8.35. The molecule has 1 atom stereocenters. The molecule has 0 fully saturated rings. The van der Waals surface area contributed by atoms with Gasteiger partial charge in [-0.1, -0.05) is 42.5 Å². The van der Waals surface area contributed by atoms with Gasteiger partial charge in [0.1, 0.15) is 5.75 Å². The molecule has 25 heavy (non-hydrogen) atoms. The quantitative estimate of drug-likeness (QED) is 0.763. The molecule has 2 N–H and O–H groups in total. The summed E-state index contributed by atoms with van der Waals surface area (Å²) in [4.78, 5) is 14.2. The number of hydrogen-bond acceptors (Lipinski definition) is 3. The van der Waals surface area contributed by atoms with Crippen LogP contribution in [0.3, 0.4) is 0 Å². The summed E-state index contributed by atoms with van der Waals surface area (Å²) in [6.45, 7) is 2.64. The van der Waals surface area contributed by atoms with Crippen molar-refractivity contribution >= 4 is 12.0 Å². The molecule has 0 aliphatic heterocycles. The number of likely N-dealkylation sites (N-methyl/N-ethyl adjacent to an activating group) is 1. The summed E-state index contributed by atoms with van der Waals surface area (Å²) in [7, 11) is 4.01.